The second-order valence-electron chi connectivity index (χ2n) is 5.36. The summed E-state index contributed by atoms with van der Waals surface area (Å²) in [5, 5.41) is 3.62. The van der Waals surface area contributed by atoms with Crippen LogP contribution in [0.3, 0.4) is 0 Å². The van der Waals surface area contributed by atoms with Crippen molar-refractivity contribution in [1.29, 1.82) is 0 Å². The number of hydrogen-bond acceptors (Lipinski definition) is 3. The molecule has 1 aromatic heterocycles. The Morgan fingerprint density at radius 3 is 2.72 bits per heavy atom. The molecule has 3 nitrogen and oxygen atoms in total. The van der Waals surface area contributed by atoms with Gasteiger partial charge in [-0.3, -0.25) is 0 Å². The Morgan fingerprint density at radius 2 is 2.11 bits per heavy atom. The zero-order chi connectivity index (χ0) is 12.5. The van der Waals surface area contributed by atoms with Crippen molar-refractivity contribution in [2.24, 2.45) is 0 Å². The Morgan fingerprint density at radius 1 is 1.39 bits per heavy atom. The van der Waals surface area contributed by atoms with Crippen molar-refractivity contribution in [2.75, 3.05) is 11.4 Å². The van der Waals surface area contributed by atoms with Gasteiger partial charge in [-0.15, -0.1) is 0 Å². The third kappa shape index (κ3) is 2.09. The lowest BCUT2D eigenvalue weighted by molar-refractivity contribution is 0.346. The zero-order valence-corrected chi connectivity index (χ0v) is 10.8. The summed E-state index contributed by atoms with van der Waals surface area (Å²) in [6.07, 6.45) is 6.43. The molecule has 0 aliphatic carbocycles. The third-order valence-corrected chi connectivity index (χ3v) is 4.24. The Bertz CT molecular complexity index is 411. The predicted molar refractivity (Wildman–Crippen MR) is 70.2 cm³/mol. The molecule has 2 aliphatic heterocycles. The van der Waals surface area contributed by atoms with Gasteiger partial charge in [0, 0.05) is 30.9 Å². The Balaban J connectivity index is 1.82. The highest BCUT2D eigenvalue weighted by Gasteiger charge is 2.36. The molecular formula is C14H20FN3. The van der Waals surface area contributed by atoms with Gasteiger partial charge in [0.2, 0.25) is 0 Å². The van der Waals surface area contributed by atoms with Gasteiger partial charge in [0.25, 0.3) is 0 Å². The fourth-order valence-electron chi connectivity index (χ4n) is 3.45. The SMILES string of the molecule is CCN(c1ncccc1F)C1CC2CCC(C1)N2. The molecule has 0 spiro atoms. The summed E-state index contributed by atoms with van der Waals surface area (Å²) in [6.45, 7) is 2.90. The van der Waals surface area contributed by atoms with Crippen molar-refractivity contribution >= 4 is 5.82 Å². The van der Waals surface area contributed by atoms with Crippen molar-refractivity contribution < 1.29 is 4.39 Å². The van der Waals surface area contributed by atoms with E-state index in [1.807, 2.05) is 0 Å². The highest BCUT2D eigenvalue weighted by atomic mass is 19.1. The fraction of sp³-hybridized carbons (Fsp3) is 0.643. The number of pyridine rings is 1. The van der Waals surface area contributed by atoms with Gasteiger partial charge in [0.15, 0.2) is 11.6 Å². The number of halogens is 1. The quantitative estimate of drug-likeness (QED) is 0.891. The monoisotopic (exact) mass is 249 g/mol. The molecule has 2 fully saturated rings. The second kappa shape index (κ2) is 4.84. The second-order valence-corrected chi connectivity index (χ2v) is 5.36. The van der Waals surface area contributed by atoms with Gasteiger partial charge in [-0.25, -0.2) is 9.37 Å². The lowest BCUT2D eigenvalue weighted by Crippen LogP contribution is -2.48. The van der Waals surface area contributed by atoms with E-state index in [9.17, 15) is 4.39 Å². The summed E-state index contributed by atoms with van der Waals surface area (Å²) in [5.41, 5.74) is 0. The molecule has 0 radical (unpaired) electrons. The summed E-state index contributed by atoms with van der Waals surface area (Å²) >= 11 is 0. The van der Waals surface area contributed by atoms with Crippen LogP contribution >= 0.6 is 0 Å². The van der Waals surface area contributed by atoms with E-state index in [-0.39, 0.29) is 5.82 Å². The van der Waals surface area contributed by atoms with Gasteiger partial charge < -0.3 is 10.2 Å². The topological polar surface area (TPSA) is 28.2 Å². The zero-order valence-electron chi connectivity index (χ0n) is 10.8. The summed E-state index contributed by atoms with van der Waals surface area (Å²) in [4.78, 5) is 6.37. The number of hydrogen-bond donors (Lipinski definition) is 1. The third-order valence-electron chi connectivity index (χ3n) is 4.24. The number of nitrogens with zero attached hydrogens (tertiary/aromatic N) is 2. The molecule has 2 saturated heterocycles. The minimum absolute atomic E-state index is 0.203. The van der Waals surface area contributed by atoms with Crippen LogP contribution in [0.15, 0.2) is 18.3 Å². The van der Waals surface area contributed by atoms with Crippen LogP contribution in [0.5, 0.6) is 0 Å². The number of aromatic nitrogens is 1. The maximum absolute atomic E-state index is 13.9. The summed E-state index contributed by atoms with van der Waals surface area (Å²) in [7, 11) is 0. The van der Waals surface area contributed by atoms with E-state index >= 15 is 0 Å². The lowest BCUT2D eigenvalue weighted by Gasteiger charge is -2.38. The van der Waals surface area contributed by atoms with Gasteiger partial charge in [-0.05, 0) is 44.7 Å². The normalized spacial score (nSPS) is 30.4. The average molecular weight is 249 g/mol. The molecule has 0 amide bonds. The molecule has 2 bridgehead atoms. The summed E-state index contributed by atoms with van der Waals surface area (Å²) in [5.74, 6) is 0.316. The predicted octanol–water partition coefficient (Wildman–Crippen LogP) is 2.33. The smallest absolute Gasteiger partial charge is 0.165 e. The fourth-order valence-corrected chi connectivity index (χ4v) is 3.45. The largest absolute Gasteiger partial charge is 0.351 e. The molecule has 1 N–H and O–H groups in total. The van der Waals surface area contributed by atoms with Crippen LogP contribution in [0.1, 0.15) is 32.6 Å². The molecule has 3 heterocycles. The maximum atomic E-state index is 13.9. The van der Waals surface area contributed by atoms with Crippen LogP contribution in [0.2, 0.25) is 0 Å². The van der Waals surface area contributed by atoms with Crippen LogP contribution in [0.4, 0.5) is 10.2 Å². The van der Waals surface area contributed by atoms with Gasteiger partial charge in [0.1, 0.15) is 0 Å². The minimum atomic E-state index is -0.203. The van der Waals surface area contributed by atoms with Crippen molar-refractivity contribution in [3.8, 4) is 0 Å². The highest BCUT2D eigenvalue weighted by molar-refractivity contribution is 5.41. The molecule has 2 unspecified atom stereocenters. The molecule has 0 aromatic carbocycles. The van der Waals surface area contributed by atoms with Crippen LogP contribution in [-0.2, 0) is 0 Å². The molecule has 0 saturated carbocycles. The standard InChI is InChI=1S/C14H20FN3/c1-2-18(14-13(15)4-3-7-16-14)12-8-10-5-6-11(9-12)17-10/h3-4,7,10-12,17H,2,5-6,8-9H2,1H3. The minimum Gasteiger partial charge on any atom is -0.351 e. The van der Waals surface area contributed by atoms with E-state index < -0.39 is 0 Å². The molecule has 2 atom stereocenters. The van der Waals surface area contributed by atoms with Gasteiger partial charge in [0.05, 0.1) is 0 Å². The van der Waals surface area contributed by atoms with E-state index in [0.717, 1.165) is 19.4 Å². The molecule has 2 aliphatic rings. The van der Waals surface area contributed by atoms with E-state index in [1.165, 1.54) is 18.9 Å². The first-order chi connectivity index (χ1) is 8.78. The van der Waals surface area contributed by atoms with Crippen molar-refractivity contribution in [1.82, 2.24) is 10.3 Å². The Hall–Kier alpha value is -1.16. The number of rotatable bonds is 3. The van der Waals surface area contributed by atoms with Gasteiger partial charge >= 0.3 is 0 Å². The number of piperidine rings is 1. The Kier molecular flexibility index (Phi) is 3.20. The van der Waals surface area contributed by atoms with E-state index in [0.29, 0.717) is 23.9 Å². The molecule has 4 heteroatoms. The molecular weight excluding hydrogens is 229 g/mol. The number of nitrogens with one attached hydrogen (secondary N) is 1. The highest BCUT2D eigenvalue weighted by Crippen LogP contribution is 2.32. The van der Waals surface area contributed by atoms with Crippen molar-refractivity contribution in [2.45, 2.75) is 50.7 Å². The van der Waals surface area contributed by atoms with Crippen molar-refractivity contribution in [3.05, 3.63) is 24.1 Å². The first kappa shape index (κ1) is 11.9. The first-order valence-corrected chi connectivity index (χ1v) is 6.91. The van der Waals surface area contributed by atoms with Gasteiger partial charge in [-0.2, -0.15) is 0 Å². The van der Waals surface area contributed by atoms with E-state index in [4.69, 9.17) is 0 Å². The molecule has 18 heavy (non-hydrogen) atoms. The van der Waals surface area contributed by atoms with Crippen LogP contribution in [0.25, 0.3) is 0 Å². The average Bonchev–Trinajstić information content (AvgIpc) is 2.72. The van der Waals surface area contributed by atoms with Gasteiger partial charge in [-0.1, -0.05) is 0 Å². The van der Waals surface area contributed by atoms with E-state index in [1.54, 1.807) is 12.3 Å². The molecule has 3 rings (SSSR count). The molecule has 1 aromatic rings. The maximum Gasteiger partial charge on any atom is 0.165 e. The van der Waals surface area contributed by atoms with Crippen LogP contribution in [0, 0.1) is 5.82 Å². The summed E-state index contributed by atoms with van der Waals surface area (Å²) in [6, 6.07) is 4.82. The summed E-state index contributed by atoms with van der Waals surface area (Å²) < 4.78 is 13.9. The number of anilines is 1. The van der Waals surface area contributed by atoms with Crippen molar-refractivity contribution in [3.63, 3.8) is 0 Å². The van der Waals surface area contributed by atoms with E-state index in [2.05, 4.69) is 22.1 Å². The van der Waals surface area contributed by atoms with Crippen LogP contribution in [-0.4, -0.2) is 29.7 Å². The first-order valence-electron chi connectivity index (χ1n) is 6.91. The lowest BCUT2D eigenvalue weighted by atomic mass is 9.98. The number of fused-ring (bicyclic) bond motifs is 2. The molecule has 98 valence electrons. The van der Waals surface area contributed by atoms with Crippen LogP contribution < -0.4 is 10.2 Å². The Labute approximate surface area is 107 Å².